The van der Waals surface area contributed by atoms with Crippen LogP contribution in [0.3, 0.4) is 0 Å². The van der Waals surface area contributed by atoms with Crippen molar-refractivity contribution in [2.24, 2.45) is 10.9 Å². The molecule has 0 aromatic heterocycles. The van der Waals surface area contributed by atoms with Crippen molar-refractivity contribution in [1.82, 2.24) is 15.5 Å². The molecule has 0 aromatic carbocycles. The smallest absolute Gasteiger partial charge is 0.191 e. The van der Waals surface area contributed by atoms with E-state index in [0.717, 1.165) is 45.4 Å². The van der Waals surface area contributed by atoms with E-state index in [2.05, 4.69) is 34.4 Å². The number of hydrogen-bond acceptors (Lipinski definition) is 5. The second-order valence-corrected chi connectivity index (χ2v) is 6.42. The first-order chi connectivity index (χ1) is 11.7. The summed E-state index contributed by atoms with van der Waals surface area (Å²) in [6, 6.07) is 0.505. The summed E-state index contributed by atoms with van der Waals surface area (Å²) < 4.78 is 15.9. The molecule has 25 heavy (non-hydrogen) atoms. The van der Waals surface area contributed by atoms with Crippen molar-refractivity contribution in [3.63, 3.8) is 0 Å². The fraction of sp³-hybridized carbons (Fsp3) is 0.941. The Kier molecular flexibility index (Phi) is 15.9. The van der Waals surface area contributed by atoms with Gasteiger partial charge in [-0.2, -0.15) is 0 Å². The molecule has 8 heteroatoms. The number of methoxy groups -OCH3 is 1. The number of morpholine rings is 1. The lowest BCUT2D eigenvalue weighted by Gasteiger charge is -2.35. The fourth-order valence-electron chi connectivity index (χ4n) is 2.77. The molecule has 1 unspecified atom stereocenters. The van der Waals surface area contributed by atoms with Gasteiger partial charge in [0.2, 0.25) is 0 Å². The van der Waals surface area contributed by atoms with E-state index in [-0.39, 0.29) is 24.0 Å². The van der Waals surface area contributed by atoms with Crippen LogP contribution in [0.1, 0.15) is 20.3 Å². The summed E-state index contributed by atoms with van der Waals surface area (Å²) >= 11 is 0. The summed E-state index contributed by atoms with van der Waals surface area (Å²) in [6.07, 6.45) is 1.17. The van der Waals surface area contributed by atoms with Crippen LogP contribution in [-0.4, -0.2) is 90.3 Å². The van der Waals surface area contributed by atoms with Crippen molar-refractivity contribution in [2.45, 2.75) is 26.3 Å². The van der Waals surface area contributed by atoms with Gasteiger partial charge >= 0.3 is 0 Å². The molecule has 1 fully saturated rings. The molecule has 1 saturated heterocycles. The van der Waals surface area contributed by atoms with Crippen molar-refractivity contribution in [3.8, 4) is 0 Å². The van der Waals surface area contributed by atoms with E-state index in [9.17, 15) is 0 Å². The van der Waals surface area contributed by atoms with Crippen molar-refractivity contribution in [1.29, 1.82) is 0 Å². The average molecular weight is 472 g/mol. The van der Waals surface area contributed by atoms with Gasteiger partial charge in [-0.3, -0.25) is 9.89 Å². The second kappa shape index (κ2) is 16.0. The molecule has 0 bridgehead atoms. The molecule has 0 aromatic rings. The standard InChI is InChI=1S/C17H36N4O3.HI/c1-15(2)13-16(21-6-9-24-10-7-21)14-20-17(18-3)19-5-8-23-12-11-22-4;/h15-16H,5-14H2,1-4H3,(H2,18,19,20);1H. The number of guanidine groups is 1. The Morgan fingerprint density at radius 2 is 1.88 bits per heavy atom. The van der Waals surface area contributed by atoms with Crippen LogP contribution in [0.15, 0.2) is 4.99 Å². The van der Waals surface area contributed by atoms with Crippen LogP contribution in [-0.2, 0) is 14.2 Å². The average Bonchev–Trinajstić information content (AvgIpc) is 2.59. The maximum absolute atomic E-state index is 5.47. The van der Waals surface area contributed by atoms with Crippen molar-refractivity contribution >= 4 is 29.9 Å². The molecule has 1 heterocycles. The summed E-state index contributed by atoms with van der Waals surface area (Å²) in [4.78, 5) is 6.81. The third-order valence-electron chi connectivity index (χ3n) is 4.00. The molecule has 150 valence electrons. The zero-order valence-corrected chi connectivity index (χ0v) is 18.6. The van der Waals surface area contributed by atoms with Crippen LogP contribution < -0.4 is 10.6 Å². The summed E-state index contributed by atoms with van der Waals surface area (Å²) in [5.74, 6) is 1.50. The number of ether oxygens (including phenoxy) is 3. The van der Waals surface area contributed by atoms with Crippen molar-refractivity contribution in [3.05, 3.63) is 0 Å². The lowest BCUT2D eigenvalue weighted by Crippen LogP contribution is -2.51. The molecule has 1 aliphatic heterocycles. The van der Waals surface area contributed by atoms with E-state index in [1.54, 1.807) is 14.2 Å². The molecule has 1 rings (SSSR count). The predicted molar refractivity (Wildman–Crippen MR) is 113 cm³/mol. The topological polar surface area (TPSA) is 67.4 Å². The van der Waals surface area contributed by atoms with Gasteiger partial charge in [0, 0.05) is 46.4 Å². The van der Waals surface area contributed by atoms with Gasteiger partial charge in [-0.1, -0.05) is 13.8 Å². The zero-order valence-electron chi connectivity index (χ0n) is 16.3. The van der Waals surface area contributed by atoms with Crippen LogP contribution in [0.4, 0.5) is 0 Å². The largest absolute Gasteiger partial charge is 0.382 e. The summed E-state index contributed by atoms with van der Waals surface area (Å²) in [7, 11) is 3.47. The molecule has 0 aliphatic carbocycles. The van der Waals surface area contributed by atoms with E-state index in [0.29, 0.717) is 31.8 Å². The minimum atomic E-state index is 0. The maximum Gasteiger partial charge on any atom is 0.191 e. The van der Waals surface area contributed by atoms with Gasteiger partial charge in [-0.15, -0.1) is 24.0 Å². The number of aliphatic imine (C=N–C) groups is 1. The quantitative estimate of drug-likeness (QED) is 0.204. The normalized spacial score (nSPS) is 17.2. The van der Waals surface area contributed by atoms with Gasteiger partial charge in [-0.25, -0.2) is 0 Å². The molecular formula is C17H37IN4O3. The highest BCUT2D eigenvalue weighted by Crippen LogP contribution is 2.12. The molecule has 0 radical (unpaired) electrons. The highest BCUT2D eigenvalue weighted by Gasteiger charge is 2.22. The molecular weight excluding hydrogens is 435 g/mol. The van der Waals surface area contributed by atoms with Crippen LogP contribution >= 0.6 is 24.0 Å². The van der Waals surface area contributed by atoms with Gasteiger partial charge in [0.15, 0.2) is 5.96 Å². The van der Waals surface area contributed by atoms with E-state index in [1.807, 2.05) is 0 Å². The summed E-state index contributed by atoms with van der Waals surface area (Å²) in [6.45, 7) is 11.8. The van der Waals surface area contributed by atoms with Gasteiger partial charge < -0.3 is 24.8 Å². The van der Waals surface area contributed by atoms with Crippen molar-refractivity contribution < 1.29 is 14.2 Å². The van der Waals surface area contributed by atoms with Gasteiger partial charge in [-0.05, 0) is 12.3 Å². The summed E-state index contributed by atoms with van der Waals surface area (Å²) in [5, 5.41) is 6.74. The predicted octanol–water partition coefficient (Wildman–Crippen LogP) is 1.18. The number of hydrogen-bond donors (Lipinski definition) is 2. The number of halogens is 1. The molecule has 7 nitrogen and oxygen atoms in total. The van der Waals surface area contributed by atoms with Gasteiger partial charge in [0.05, 0.1) is 33.0 Å². The lowest BCUT2D eigenvalue weighted by molar-refractivity contribution is 0.0132. The first-order valence-electron chi connectivity index (χ1n) is 9.00. The monoisotopic (exact) mass is 472 g/mol. The third kappa shape index (κ3) is 12.0. The molecule has 2 N–H and O–H groups in total. The Labute approximate surface area is 170 Å². The molecule has 0 amide bonds. The highest BCUT2D eigenvalue weighted by molar-refractivity contribution is 14.0. The Balaban J connectivity index is 0.00000576. The molecule has 1 aliphatic rings. The van der Waals surface area contributed by atoms with E-state index < -0.39 is 0 Å². The first kappa shape index (κ1) is 24.8. The Bertz CT molecular complexity index is 340. The van der Waals surface area contributed by atoms with E-state index >= 15 is 0 Å². The summed E-state index contributed by atoms with van der Waals surface area (Å²) in [5.41, 5.74) is 0. The molecule has 0 saturated carbocycles. The number of nitrogens with zero attached hydrogens (tertiary/aromatic N) is 2. The Morgan fingerprint density at radius 3 is 2.48 bits per heavy atom. The van der Waals surface area contributed by atoms with E-state index in [1.165, 1.54) is 6.42 Å². The minimum absolute atomic E-state index is 0. The van der Waals surface area contributed by atoms with Crippen LogP contribution in [0.25, 0.3) is 0 Å². The first-order valence-corrected chi connectivity index (χ1v) is 9.00. The van der Waals surface area contributed by atoms with Crippen LogP contribution in [0.5, 0.6) is 0 Å². The van der Waals surface area contributed by atoms with Gasteiger partial charge in [0.25, 0.3) is 0 Å². The van der Waals surface area contributed by atoms with Crippen LogP contribution in [0.2, 0.25) is 0 Å². The molecule has 0 spiro atoms. The third-order valence-corrected chi connectivity index (χ3v) is 4.00. The minimum Gasteiger partial charge on any atom is -0.382 e. The van der Waals surface area contributed by atoms with Gasteiger partial charge in [0.1, 0.15) is 0 Å². The van der Waals surface area contributed by atoms with E-state index in [4.69, 9.17) is 14.2 Å². The second-order valence-electron chi connectivity index (χ2n) is 6.42. The van der Waals surface area contributed by atoms with Crippen LogP contribution in [0, 0.1) is 5.92 Å². The zero-order chi connectivity index (χ0) is 17.6. The SMILES string of the molecule is CN=C(NCCOCCOC)NCC(CC(C)C)N1CCOCC1.I. The number of rotatable bonds is 11. The Hall–Kier alpha value is -0.160. The number of nitrogens with one attached hydrogen (secondary N) is 2. The Morgan fingerprint density at radius 1 is 1.16 bits per heavy atom. The fourth-order valence-corrected chi connectivity index (χ4v) is 2.77. The molecule has 1 atom stereocenters. The lowest BCUT2D eigenvalue weighted by atomic mass is 10.0. The van der Waals surface area contributed by atoms with Crippen molar-refractivity contribution in [2.75, 3.05) is 73.4 Å². The highest BCUT2D eigenvalue weighted by atomic mass is 127. The maximum atomic E-state index is 5.47.